The maximum Gasteiger partial charge on any atom is 0.166 e. The average molecular weight is 228 g/mol. The van der Waals surface area contributed by atoms with Gasteiger partial charge < -0.3 is 0 Å². The number of Topliss-reactive ketones (excluding diaryl/α,β-unsaturated/α-hetero) is 1. The highest BCUT2D eigenvalue weighted by atomic mass is 16.1. The van der Waals surface area contributed by atoms with Crippen LogP contribution in [-0.2, 0) is 6.42 Å². The molecule has 0 aromatic heterocycles. The summed E-state index contributed by atoms with van der Waals surface area (Å²) in [6.07, 6.45) is 8.65. The molecular formula is C16H20O. The lowest BCUT2D eigenvalue weighted by Gasteiger charge is -2.12. The van der Waals surface area contributed by atoms with Crippen LogP contribution in [0.15, 0.2) is 35.9 Å². The van der Waals surface area contributed by atoms with Gasteiger partial charge in [0.05, 0.1) is 0 Å². The molecule has 0 heterocycles. The second-order valence-corrected chi connectivity index (χ2v) is 4.76. The van der Waals surface area contributed by atoms with Crippen molar-refractivity contribution in [3.8, 4) is 0 Å². The van der Waals surface area contributed by atoms with E-state index < -0.39 is 0 Å². The minimum absolute atomic E-state index is 0.272. The van der Waals surface area contributed by atoms with Crippen LogP contribution >= 0.6 is 0 Å². The highest BCUT2D eigenvalue weighted by Gasteiger charge is 2.11. The Morgan fingerprint density at radius 3 is 2.88 bits per heavy atom. The van der Waals surface area contributed by atoms with Crippen molar-refractivity contribution in [2.75, 3.05) is 0 Å². The summed E-state index contributed by atoms with van der Waals surface area (Å²) in [7, 11) is 0. The van der Waals surface area contributed by atoms with E-state index in [1.807, 2.05) is 18.2 Å². The Bertz CT molecular complexity index is 429. The molecule has 0 bridgehead atoms. The summed E-state index contributed by atoms with van der Waals surface area (Å²) < 4.78 is 0. The van der Waals surface area contributed by atoms with Crippen LogP contribution in [0, 0.1) is 0 Å². The summed E-state index contributed by atoms with van der Waals surface area (Å²) >= 11 is 0. The number of rotatable bonds is 4. The molecule has 1 aromatic carbocycles. The molecule has 1 aromatic rings. The van der Waals surface area contributed by atoms with Gasteiger partial charge in [-0.1, -0.05) is 36.8 Å². The predicted molar refractivity (Wildman–Crippen MR) is 71.3 cm³/mol. The quantitative estimate of drug-likeness (QED) is 0.554. The van der Waals surface area contributed by atoms with E-state index in [-0.39, 0.29) is 5.78 Å². The fraction of sp³-hybridized carbons (Fsp3) is 0.438. The molecule has 0 aliphatic heterocycles. The number of hydrogen-bond donors (Lipinski definition) is 0. The molecule has 0 N–H and O–H groups in total. The normalized spacial score (nSPS) is 15.5. The average Bonchev–Trinajstić information content (AvgIpc) is 2.40. The Hall–Kier alpha value is -1.37. The molecule has 1 nitrogen and oxygen atoms in total. The van der Waals surface area contributed by atoms with Crippen LogP contribution in [-0.4, -0.2) is 5.78 Å². The Morgan fingerprint density at radius 2 is 2.18 bits per heavy atom. The summed E-state index contributed by atoms with van der Waals surface area (Å²) in [5, 5.41) is 0. The first kappa shape index (κ1) is 12.1. The molecule has 0 amide bonds. The van der Waals surface area contributed by atoms with Gasteiger partial charge >= 0.3 is 0 Å². The minimum Gasteiger partial charge on any atom is -0.294 e. The van der Waals surface area contributed by atoms with E-state index in [1.54, 1.807) is 0 Å². The molecule has 0 spiro atoms. The van der Waals surface area contributed by atoms with Gasteiger partial charge in [0, 0.05) is 12.0 Å². The number of carbonyl (C=O) groups is 1. The van der Waals surface area contributed by atoms with Crippen molar-refractivity contribution in [2.45, 2.75) is 45.4 Å². The predicted octanol–water partition coefficient (Wildman–Crippen LogP) is 4.32. The van der Waals surface area contributed by atoms with E-state index in [2.05, 4.69) is 19.1 Å². The van der Waals surface area contributed by atoms with Crippen LogP contribution in [0.25, 0.3) is 0 Å². The maximum atomic E-state index is 12.1. The maximum absolute atomic E-state index is 12.1. The highest BCUT2D eigenvalue weighted by Crippen LogP contribution is 2.22. The second kappa shape index (κ2) is 5.81. The molecule has 1 heteroatoms. The number of hydrogen-bond acceptors (Lipinski definition) is 1. The van der Waals surface area contributed by atoms with Crippen molar-refractivity contribution in [1.29, 1.82) is 0 Å². The fourth-order valence-corrected chi connectivity index (χ4v) is 2.34. The SMILES string of the molecule is CCc1cccc(C(=O)CC2=CCCCC2)c1. The first-order valence-corrected chi connectivity index (χ1v) is 6.59. The van der Waals surface area contributed by atoms with E-state index in [9.17, 15) is 4.79 Å². The van der Waals surface area contributed by atoms with Crippen LogP contribution in [0.4, 0.5) is 0 Å². The molecule has 17 heavy (non-hydrogen) atoms. The Kier molecular flexibility index (Phi) is 4.13. The van der Waals surface area contributed by atoms with Crippen LogP contribution < -0.4 is 0 Å². The zero-order chi connectivity index (χ0) is 12.1. The molecule has 2 rings (SSSR count). The van der Waals surface area contributed by atoms with E-state index in [0.717, 1.165) is 24.8 Å². The third kappa shape index (κ3) is 3.29. The van der Waals surface area contributed by atoms with E-state index in [4.69, 9.17) is 0 Å². The van der Waals surface area contributed by atoms with Gasteiger partial charge in [-0.05, 0) is 43.7 Å². The van der Waals surface area contributed by atoms with Crippen LogP contribution in [0.3, 0.4) is 0 Å². The van der Waals surface area contributed by atoms with Crippen LogP contribution in [0.2, 0.25) is 0 Å². The third-order valence-electron chi connectivity index (χ3n) is 3.43. The molecule has 1 aliphatic rings. The molecule has 90 valence electrons. The van der Waals surface area contributed by atoms with Crippen LogP contribution in [0.5, 0.6) is 0 Å². The van der Waals surface area contributed by atoms with Gasteiger partial charge in [0.2, 0.25) is 0 Å². The molecule has 0 radical (unpaired) electrons. The zero-order valence-electron chi connectivity index (χ0n) is 10.5. The fourth-order valence-electron chi connectivity index (χ4n) is 2.34. The molecule has 1 aliphatic carbocycles. The largest absolute Gasteiger partial charge is 0.294 e. The van der Waals surface area contributed by atoms with Gasteiger partial charge in [0.1, 0.15) is 0 Å². The summed E-state index contributed by atoms with van der Waals surface area (Å²) in [6, 6.07) is 8.04. The number of carbonyl (C=O) groups excluding carboxylic acids is 1. The first-order valence-electron chi connectivity index (χ1n) is 6.59. The molecule has 0 saturated heterocycles. The third-order valence-corrected chi connectivity index (χ3v) is 3.43. The highest BCUT2D eigenvalue weighted by molar-refractivity contribution is 5.97. The molecule has 0 atom stereocenters. The number of aryl methyl sites for hydroxylation is 1. The van der Waals surface area contributed by atoms with Gasteiger partial charge in [0.25, 0.3) is 0 Å². The first-order chi connectivity index (χ1) is 8.29. The van der Waals surface area contributed by atoms with Gasteiger partial charge in [-0.3, -0.25) is 4.79 Å². The van der Waals surface area contributed by atoms with Gasteiger partial charge in [-0.15, -0.1) is 0 Å². The number of benzene rings is 1. The topological polar surface area (TPSA) is 17.1 Å². The van der Waals surface area contributed by atoms with E-state index in [1.165, 1.54) is 24.0 Å². The molecule has 0 saturated carbocycles. The number of ketones is 1. The summed E-state index contributed by atoms with van der Waals surface area (Å²) in [6.45, 7) is 2.12. The van der Waals surface area contributed by atoms with Gasteiger partial charge in [0.15, 0.2) is 5.78 Å². The zero-order valence-corrected chi connectivity index (χ0v) is 10.5. The minimum atomic E-state index is 0.272. The second-order valence-electron chi connectivity index (χ2n) is 4.76. The standard InChI is InChI=1S/C16H20O/c1-2-13-9-6-10-15(11-13)16(17)12-14-7-4-3-5-8-14/h6-7,9-11H,2-5,8,12H2,1H3. The monoisotopic (exact) mass is 228 g/mol. The van der Waals surface area contributed by atoms with Gasteiger partial charge in [-0.2, -0.15) is 0 Å². The summed E-state index contributed by atoms with van der Waals surface area (Å²) in [5.41, 5.74) is 3.45. The van der Waals surface area contributed by atoms with Gasteiger partial charge in [-0.25, -0.2) is 0 Å². The van der Waals surface area contributed by atoms with Crippen molar-refractivity contribution in [3.05, 3.63) is 47.0 Å². The lowest BCUT2D eigenvalue weighted by Crippen LogP contribution is -2.03. The molecular weight excluding hydrogens is 208 g/mol. The Labute approximate surface area is 104 Å². The summed E-state index contributed by atoms with van der Waals surface area (Å²) in [4.78, 5) is 12.1. The number of allylic oxidation sites excluding steroid dienone is 2. The van der Waals surface area contributed by atoms with Crippen molar-refractivity contribution in [3.63, 3.8) is 0 Å². The smallest absolute Gasteiger partial charge is 0.166 e. The van der Waals surface area contributed by atoms with Crippen molar-refractivity contribution >= 4 is 5.78 Å². The summed E-state index contributed by atoms with van der Waals surface area (Å²) in [5.74, 6) is 0.272. The Morgan fingerprint density at radius 1 is 1.29 bits per heavy atom. The van der Waals surface area contributed by atoms with E-state index >= 15 is 0 Å². The lowest BCUT2D eigenvalue weighted by atomic mass is 9.93. The van der Waals surface area contributed by atoms with Crippen LogP contribution in [0.1, 0.15) is 54.9 Å². The molecule has 0 fully saturated rings. The Balaban J connectivity index is 2.05. The van der Waals surface area contributed by atoms with Crippen molar-refractivity contribution < 1.29 is 4.79 Å². The van der Waals surface area contributed by atoms with E-state index in [0.29, 0.717) is 6.42 Å². The lowest BCUT2D eigenvalue weighted by molar-refractivity contribution is 0.0991. The molecule has 0 unspecified atom stereocenters. The van der Waals surface area contributed by atoms with Crippen molar-refractivity contribution in [2.24, 2.45) is 0 Å². The van der Waals surface area contributed by atoms with Crippen molar-refractivity contribution in [1.82, 2.24) is 0 Å².